The van der Waals surface area contributed by atoms with E-state index in [1.54, 1.807) is 13.8 Å². The van der Waals surface area contributed by atoms with Gasteiger partial charge < -0.3 is 4.74 Å². The van der Waals surface area contributed by atoms with Crippen molar-refractivity contribution in [3.05, 3.63) is 29.1 Å². The van der Waals surface area contributed by atoms with Crippen LogP contribution in [-0.2, 0) is 14.8 Å². The molecule has 2 rings (SSSR count). The minimum atomic E-state index is -3.61. The fraction of sp³-hybridized carbons (Fsp3) is 0.600. The smallest absolute Gasteiger partial charge is 0.241 e. The van der Waals surface area contributed by atoms with E-state index in [0.29, 0.717) is 24.1 Å². The van der Waals surface area contributed by atoms with Gasteiger partial charge in [-0.1, -0.05) is 0 Å². The molecule has 1 aromatic carbocycles. The van der Waals surface area contributed by atoms with Crippen LogP contribution in [0.4, 0.5) is 4.39 Å². The van der Waals surface area contributed by atoms with E-state index in [1.807, 2.05) is 0 Å². The van der Waals surface area contributed by atoms with Crippen molar-refractivity contribution in [1.29, 1.82) is 0 Å². The van der Waals surface area contributed by atoms with Crippen LogP contribution in [0.1, 0.15) is 36.8 Å². The maximum absolute atomic E-state index is 13.3. The predicted molar refractivity (Wildman–Crippen MR) is 79.3 cm³/mol. The number of benzene rings is 1. The molecule has 1 unspecified atom stereocenters. The second kappa shape index (κ2) is 6.85. The molecule has 4 nitrogen and oxygen atoms in total. The molecule has 0 radical (unpaired) electrons. The summed E-state index contributed by atoms with van der Waals surface area (Å²) >= 11 is 0. The van der Waals surface area contributed by atoms with E-state index in [1.165, 1.54) is 12.1 Å². The van der Waals surface area contributed by atoms with Gasteiger partial charge in [-0.2, -0.15) is 0 Å². The number of hydrogen-bond acceptors (Lipinski definition) is 3. The zero-order valence-electron chi connectivity index (χ0n) is 12.5. The van der Waals surface area contributed by atoms with Crippen molar-refractivity contribution in [2.24, 2.45) is 0 Å². The summed E-state index contributed by atoms with van der Waals surface area (Å²) in [5, 5.41) is 0. The number of nitrogens with one attached hydrogen (secondary N) is 1. The lowest BCUT2D eigenvalue weighted by Crippen LogP contribution is -2.30. The van der Waals surface area contributed by atoms with Crippen LogP contribution in [0, 0.1) is 19.7 Å². The summed E-state index contributed by atoms with van der Waals surface area (Å²) in [6.07, 6.45) is 4.00. The SMILES string of the molecule is Cc1cc(F)cc(C)c1S(=O)(=O)NCCC1CCCCO1. The summed E-state index contributed by atoms with van der Waals surface area (Å²) in [6, 6.07) is 2.48. The molecule has 1 heterocycles. The largest absolute Gasteiger partial charge is 0.378 e. The molecule has 1 saturated heterocycles. The summed E-state index contributed by atoms with van der Waals surface area (Å²) in [5.41, 5.74) is 0.850. The average molecular weight is 315 g/mol. The van der Waals surface area contributed by atoms with Gasteiger partial charge in [0.05, 0.1) is 11.0 Å². The van der Waals surface area contributed by atoms with Gasteiger partial charge in [-0.3, -0.25) is 0 Å². The number of halogens is 1. The molecule has 1 fully saturated rings. The van der Waals surface area contributed by atoms with Gasteiger partial charge in [-0.05, 0) is 62.8 Å². The van der Waals surface area contributed by atoms with Crippen molar-refractivity contribution in [1.82, 2.24) is 4.72 Å². The van der Waals surface area contributed by atoms with Gasteiger partial charge in [-0.25, -0.2) is 17.5 Å². The predicted octanol–water partition coefficient (Wildman–Crippen LogP) is 2.68. The lowest BCUT2D eigenvalue weighted by atomic mass is 10.1. The van der Waals surface area contributed by atoms with E-state index in [-0.39, 0.29) is 11.0 Å². The molecule has 0 amide bonds. The number of aryl methyl sites for hydroxylation is 2. The lowest BCUT2D eigenvalue weighted by molar-refractivity contribution is 0.0123. The van der Waals surface area contributed by atoms with Gasteiger partial charge in [-0.15, -0.1) is 0 Å². The van der Waals surface area contributed by atoms with Crippen molar-refractivity contribution >= 4 is 10.0 Å². The van der Waals surface area contributed by atoms with Gasteiger partial charge in [0, 0.05) is 13.2 Å². The van der Waals surface area contributed by atoms with Crippen LogP contribution in [0.2, 0.25) is 0 Å². The molecule has 6 heteroatoms. The zero-order chi connectivity index (χ0) is 15.5. The second-order valence-electron chi connectivity index (χ2n) is 5.54. The topological polar surface area (TPSA) is 55.4 Å². The van der Waals surface area contributed by atoms with E-state index >= 15 is 0 Å². The molecule has 0 saturated carbocycles. The molecule has 0 aromatic heterocycles. The van der Waals surface area contributed by atoms with Crippen LogP contribution < -0.4 is 4.72 Å². The molecule has 1 aliphatic rings. The third kappa shape index (κ3) is 4.25. The van der Waals surface area contributed by atoms with Crippen LogP contribution in [-0.4, -0.2) is 27.7 Å². The number of sulfonamides is 1. The lowest BCUT2D eigenvalue weighted by Gasteiger charge is -2.22. The number of hydrogen-bond donors (Lipinski definition) is 1. The van der Waals surface area contributed by atoms with Crippen molar-refractivity contribution in [2.75, 3.05) is 13.2 Å². The quantitative estimate of drug-likeness (QED) is 0.909. The summed E-state index contributed by atoms with van der Waals surface area (Å²) in [5.74, 6) is -0.417. The molecule has 0 spiro atoms. The van der Waals surface area contributed by atoms with E-state index in [9.17, 15) is 12.8 Å². The maximum atomic E-state index is 13.3. The zero-order valence-corrected chi connectivity index (χ0v) is 13.3. The van der Waals surface area contributed by atoms with Gasteiger partial charge in [0.2, 0.25) is 10.0 Å². The Bertz CT molecular complexity index is 572. The normalized spacial score (nSPS) is 19.7. The second-order valence-corrected chi connectivity index (χ2v) is 7.25. The first-order valence-electron chi connectivity index (χ1n) is 7.28. The monoisotopic (exact) mass is 315 g/mol. The highest BCUT2D eigenvalue weighted by atomic mass is 32.2. The Balaban J connectivity index is 2.01. The van der Waals surface area contributed by atoms with Crippen LogP contribution >= 0.6 is 0 Å². The molecule has 118 valence electrons. The van der Waals surface area contributed by atoms with Gasteiger partial charge in [0.25, 0.3) is 0 Å². The molecule has 1 N–H and O–H groups in total. The fourth-order valence-corrected chi connectivity index (χ4v) is 4.28. The van der Waals surface area contributed by atoms with Crippen LogP contribution in [0.25, 0.3) is 0 Å². The molecule has 0 aliphatic carbocycles. The maximum Gasteiger partial charge on any atom is 0.241 e. The van der Waals surface area contributed by atoms with Gasteiger partial charge in [0.1, 0.15) is 5.82 Å². The Morgan fingerprint density at radius 2 is 1.95 bits per heavy atom. The Labute approximate surface area is 125 Å². The fourth-order valence-electron chi connectivity index (χ4n) is 2.78. The summed E-state index contributed by atoms with van der Waals surface area (Å²) < 4.78 is 46.1. The minimum absolute atomic E-state index is 0.136. The van der Waals surface area contributed by atoms with Gasteiger partial charge in [0.15, 0.2) is 0 Å². The van der Waals surface area contributed by atoms with Gasteiger partial charge >= 0.3 is 0 Å². The summed E-state index contributed by atoms with van der Waals surface area (Å²) in [6.45, 7) is 4.31. The first-order valence-corrected chi connectivity index (χ1v) is 8.76. The first-order chi connectivity index (χ1) is 9.90. The highest BCUT2D eigenvalue weighted by Gasteiger charge is 2.21. The number of ether oxygens (including phenoxy) is 1. The standard InChI is InChI=1S/C15H22FNO3S/c1-11-9-13(16)10-12(2)15(11)21(18,19)17-7-6-14-5-3-4-8-20-14/h9-10,14,17H,3-8H2,1-2H3. The molecule has 1 aromatic rings. The van der Waals surface area contributed by atoms with Crippen LogP contribution in [0.3, 0.4) is 0 Å². The molecule has 21 heavy (non-hydrogen) atoms. The van der Waals surface area contributed by atoms with E-state index in [4.69, 9.17) is 4.74 Å². The van der Waals surface area contributed by atoms with E-state index in [0.717, 1.165) is 25.9 Å². The first kappa shape index (κ1) is 16.4. The highest BCUT2D eigenvalue weighted by Crippen LogP contribution is 2.21. The number of rotatable bonds is 5. The van der Waals surface area contributed by atoms with Crippen molar-refractivity contribution in [3.8, 4) is 0 Å². The minimum Gasteiger partial charge on any atom is -0.378 e. The Kier molecular flexibility index (Phi) is 5.35. The summed E-state index contributed by atoms with van der Waals surface area (Å²) in [7, 11) is -3.61. The Hall–Kier alpha value is -0.980. The van der Waals surface area contributed by atoms with Crippen molar-refractivity contribution < 1.29 is 17.5 Å². The van der Waals surface area contributed by atoms with Crippen molar-refractivity contribution in [3.63, 3.8) is 0 Å². The third-order valence-corrected chi connectivity index (χ3v) is 5.49. The Morgan fingerprint density at radius 1 is 1.29 bits per heavy atom. The van der Waals surface area contributed by atoms with Crippen LogP contribution in [0.15, 0.2) is 17.0 Å². The summed E-state index contributed by atoms with van der Waals surface area (Å²) in [4.78, 5) is 0.175. The molecular weight excluding hydrogens is 293 g/mol. The average Bonchev–Trinajstić information content (AvgIpc) is 2.38. The van der Waals surface area contributed by atoms with E-state index in [2.05, 4.69) is 4.72 Å². The molecule has 1 atom stereocenters. The highest BCUT2D eigenvalue weighted by molar-refractivity contribution is 7.89. The molecule has 0 bridgehead atoms. The van der Waals surface area contributed by atoms with Crippen LogP contribution in [0.5, 0.6) is 0 Å². The molecule has 1 aliphatic heterocycles. The van der Waals surface area contributed by atoms with Crippen molar-refractivity contribution in [2.45, 2.75) is 50.5 Å². The van der Waals surface area contributed by atoms with E-state index < -0.39 is 15.8 Å². The third-order valence-electron chi connectivity index (χ3n) is 3.73. The Morgan fingerprint density at radius 3 is 2.52 bits per heavy atom. The molecular formula is C15H22FNO3S.